The lowest BCUT2D eigenvalue weighted by atomic mass is 9.96. The first-order chi connectivity index (χ1) is 18.8. The van der Waals surface area contributed by atoms with Gasteiger partial charge in [0.2, 0.25) is 0 Å². The molecule has 0 saturated heterocycles. The van der Waals surface area contributed by atoms with Gasteiger partial charge in [-0.3, -0.25) is 4.98 Å². The summed E-state index contributed by atoms with van der Waals surface area (Å²) < 4.78 is 13.0. The molecule has 38 heavy (non-hydrogen) atoms. The maximum absolute atomic E-state index is 6.48. The van der Waals surface area contributed by atoms with Gasteiger partial charge < -0.3 is 8.83 Å². The molecule has 8 rings (SSSR count). The van der Waals surface area contributed by atoms with Crippen molar-refractivity contribution >= 4 is 43.9 Å². The fourth-order valence-electron chi connectivity index (χ4n) is 5.38. The van der Waals surface area contributed by atoms with Crippen LogP contribution in [0.25, 0.3) is 77.6 Å². The summed E-state index contributed by atoms with van der Waals surface area (Å²) in [5.41, 5.74) is 8.92. The van der Waals surface area contributed by atoms with E-state index in [1.807, 2.05) is 60.7 Å². The number of rotatable bonds is 3. The molecule has 0 spiro atoms. The lowest BCUT2D eigenvalue weighted by Gasteiger charge is -2.09. The van der Waals surface area contributed by atoms with E-state index in [0.29, 0.717) is 0 Å². The van der Waals surface area contributed by atoms with Crippen molar-refractivity contribution in [2.75, 3.05) is 0 Å². The highest BCUT2D eigenvalue weighted by atomic mass is 16.3. The Labute approximate surface area is 217 Å². The molecule has 0 bridgehead atoms. The molecule has 178 valence electrons. The van der Waals surface area contributed by atoms with E-state index in [4.69, 9.17) is 13.8 Å². The highest BCUT2D eigenvalue weighted by Gasteiger charge is 2.21. The number of aromatic nitrogens is 2. The zero-order valence-electron chi connectivity index (χ0n) is 20.3. The Balaban J connectivity index is 1.40. The number of benzene rings is 4. The number of furan rings is 2. The minimum atomic E-state index is 0.824. The quantitative estimate of drug-likeness (QED) is 0.249. The molecular formula is C34H20N2O2. The first-order valence-electron chi connectivity index (χ1n) is 12.6. The highest BCUT2D eigenvalue weighted by Crippen LogP contribution is 2.44. The van der Waals surface area contributed by atoms with Crippen molar-refractivity contribution in [2.24, 2.45) is 0 Å². The monoisotopic (exact) mass is 488 g/mol. The molecule has 4 nitrogen and oxygen atoms in total. The minimum Gasteiger partial charge on any atom is -0.455 e. The van der Waals surface area contributed by atoms with E-state index in [1.54, 1.807) is 6.20 Å². The van der Waals surface area contributed by atoms with Crippen molar-refractivity contribution in [3.63, 3.8) is 0 Å². The van der Waals surface area contributed by atoms with E-state index in [2.05, 4.69) is 59.6 Å². The molecule has 0 fully saturated rings. The van der Waals surface area contributed by atoms with Crippen LogP contribution >= 0.6 is 0 Å². The maximum Gasteiger partial charge on any atom is 0.147 e. The lowest BCUT2D eigenvalue weighted by molar-refractivity contribution is 0.658. The second-order valence-electron chi connectivity index (χ2n) is 9.41. The number of para-hydroxylation sites is 2. The molecule has 8 aromatic rings. The van der Waals surface area contributed by atoms with Crippen LogP contribution in [0.4, 0.5) is 0 Å². The van der Waals surface area contributed by atoms with Crippen LogP contribution in [-0.4, -0.2) is 9.97 Å². The fraction of sp³-hybridized carbons (Fsp3) is 0. The maximum atomic E-state index is 6.48. The van der Waals surface area contributed by atoms with Crippen molar-refractivity contribution in [2.45, 2.75) is 0 Å². The second-order valence-corrected chi connectivity index (χ2v) is 9.41. The van der Waals surface area contributed by atoms with Crippen LogP contribution in [-0.2, 0) is 0 Å². The third-order valence-corrected chi connectivity index (χ3v) is 7.13. The van der Waals surface area contributed by atoms with E-state index < -0.39 is 0 Å². The van der Waals surface area contributed by atoms with Crippen molar-refractivity contribution < 1.29 is 8.83 Å². The van der Waals surface area contributed by atoms with Gasteiger partial charge in [0.05, 0.1) is 22.6 Å². The van der Waals surface area contributed by atoms with Crippen molar-refractivity contribution in [3.05, 3.63) is 121 Å². The van der Waals surface area contributed by atoms with Crippen LogP contribution in [0.5, 0.6) is 0 Å². The average Bonchev–Trinajstić information content (AvgIpc) is 3.54. The third kappa shape index (κ3) is 3.17. The molecule has 4 aromatic heterocycles. The predicted octanol–water partition coefficient (Wildman–Crippen LogP) is 9.28. The summed E-state index contributed by atoms with van der Waals surface area (Å²) in [6.45, 7) is 0. The molecule has 0 N–H and O–H groups in total. The Morgan fingerprint density at radius 3 is 1.76 bits per heavy atom. The van der Waals surface area contributed by atoms with Gasteiger partial charge in [-0.2, -0.15) is 0 Å². The van der Waals surface area contributed by atoms with Crippen LogP contribution < -0.4 is 0 Å². The summed E-state index contributed by atoms with van der Waals surface area (Å²) in [4.78, 5) is 9.40. The minimum absolute atomic E-state index is 0.824. The van der Waals surface area contributed by atoms with Gasteiger partial charge in [-0.05, 0) is 54.1 Å². The summed E-state index contributed by atoms with van der Waals surface area (Å²) in [5.74, 6) is 0. The fourth-order valence-corrected chi connectivity index (χ4v) is 5.38. The van der Waals surface area contributed by atoms with Gasteiger partial charge in [-0.15, -0.1) is 0 Å². The Hall–Kier alpha value is -5.22. The van der Waals surface area contributed by atoms with Gasteiger partial charge in [0.1, 0.15) is 22.3 Å². The molecule has 0 saturated carbocycles. The lowest BCUT2D eigenvalue weighted by Crippen LogP contribution is -1.90. The Morgan fingerprint density at radius 1 is 0.447 bits per heavy atom. The molecule has 0 unspecified atom stereocenters. The SMILES string of the molecule is c1ccc(-c2cccc(-c3cccc(-c4c5oc6ccccc6c5cc5c4oc4ccccc45)c3)n2)nc1. The van der Waals surface area contributed by atoms with Gasteiger partial charge in [-0.25, -0.2) is 4.98 Å². The normalized spacial score (nSPS) is 11.7. The van der Waals surface area contributed by atoms with Gasteiger partial charge in [0, 0.05) is 33.3 Å². The van der Waals surface area contributed by atoms with E-state index in [1.165, 1.54) is 0 Å². The second kappa shape index (κ2) is 8.15. The number of nitrogens with zero attached hydrogens (tertiary/aromatic N) is 2. The first-order valence-corrected chi connectivity index (χ1v) is 12.6. The third-order valence-electron chi connectivity index (χ3n) is 7.13. The number of hydrogen-bond donors (Lipinski definition) is 0. The van der Waals surface area contributed by atoms with Crippen molar-refractivity contribution in [1.29, 1.82) is 0 Å². The largest absolute Gasteiger partial charge is 0.455 e. The van der Waals surface area contributed by atoms with Crippen molar-refractivity contribution in [3.8, 4) is 33.8 Å². The Bertz CT molecular complexity index is 2050. The molecule has 0 aliphatic carbocycles. The molecule has 4 aromatic carbocycles. The molecule has 4 heterocycles. The van der Waals surface area contributed by atoms with E-state index in [-0.39, 0.29) is 0 Å². The van der Waals surface area contributed by atoms with Crippen LogP contribution in [0.1, 0.15) is 0 Å². The summed E-state index contributed by atoms with van der Waals surface area (Å²) in [6.07, 6.45) is 1.79. The van der Waals surface area contributed by atoms with Gasteiger partial charge in [-0.1, -0.05) is 66.7 Å². The van der Waals surface area contributed by atoms with E-state index in [0.717, 1.165) is 77.6 Å². The Kier molecular flexibility index (Phi) is 4.49. The van der Waals surface area contributed by atoms with Gasteiger partial charge in [0.15, 0.2) is 0 Å². The number of pyridine rings is 2. The average molecular weight is 489 g/mol. The summed E-state index contributed by atoms with van der Waals surface area (Å²) >= 11 is 0. The zero-order chi connectivity index (χ0) is 25.1. The van der Waals surface area contributed by atoms with Crippen LogP contribution in [0.15, 0.2) is 130 Å². The van der Waals surface area contributed by atoms with Crippen LogP contribution in [0, 0.1) is 0 Å². The molecule has 0 aliphatic heterocycles. The summed E-state index contributed by atoms with van der Waals surface area (Å²) in [7, 11) is 0. The molecule has 4 heteroatoms. The molecule has 0 amide bonds. The van der Waals surface area contributed by atoms with Gasteiger partial charge in [0.25, 0.3) is 0 Å². The highest BCUT2D eigenvalue weighted by molar-refractivity contribution is 6.22. The molecule has 0 aliphatic rings. The molecule has 0 atom stereocenters. The topological polar surface area (TPSA) is 52.1 Å². The number of hydrogen-bond acceptors (Lipinski definition) is 4. The summed E-state index contributed by atoms with van der Waals surface area (Å²) in [5, 5.41) is 4.35. The zero-order valence-corrected chi connectivity index (χ0v) is 20.3. The van der Waals surface area contributed by atoms with Crippen LogP contribution in [0.3, 0.4) is 0 Å². The predicted molar refractivity (Wildman–Crippen MR) is 153 cm³/mol. The first kappa shape index (κ1) is 20.9. The Morgan fingerprint density at radius 2 is 1.05 bits per heavy atom. The van der Waals surface area contributed by atoms with E-state index in [9.17, 15) is 0 Å². The smallest absolute Gasteiger partial charge is 0.147 e. The van der Waals surface area contributed by atoms with Crippen LogP contribution in [0.2, 0.25) is 0 Å². The van der Waals surface area contributed by atoms with E-state index >= 15 is 0 Å². The molecule has 0 radical (unpaired) electrons. The standard InChI is InChI=1S/C34H20N2O2/c1-3-16-30-23(11-1)25-20-26-24-12-2-4-17-31(24)38-34(26)32(33(25)37-30)22-10-7-9-21(19-22)27-14-8-15-29(36-27)28-13-5-6-18-35-28/h1-20H. The van der Waals surface area contributed by atoms with Gasteiger partial charge >= 0.3 is 0 Å². The summed E-state index contributed by atoms with van der Waals surface area (Å²) in [6, 6.07) is 38.9. The molecular weight excluding hydrogens is 468 g/mol. The van der Waals surface area contributed by atoms with Crippen molar-refractivity contribution in [1.82, 2.24) is 9.97 Å². The number of fused-ring (bicyclic) bond motifs is 6.